The standard InChI is InChI=1S/C22H22ClNO2S2/c23-18-7-5-16(6-8-18)21(10-1-2-11-21)20(25)24-15-22(26,17-9-13-27-14-17)19-4-3-12-28-19/h3-9,12-14,26H,1-2,10-11,15H2,(H,24,25)/t22-/m0/s1. The van der Waals surface area contributed by atoms with Crippen LogP contribution in [-0.4, -0.2) is 17.6 Å². The molecule has 1 aliphatic rings. The molecule has 2 heterocycles. The summed E-state index contributed by atoms with van der Waals surface area (Å²) in [6, 6.07) is 13.4. The average Bonchev–Trinajstić information content (AvgIpc) is 3.48. The van der Waals surface area contributed by atoms with Crippen molar-refractivity contribution in [1.82, 2.24) is 5.32 Å². The van der Waals surface area contributed by atoms with Gasteiger partial charge in [0, 0.05) is 15.5 Å². The highest BCUT2D eigenvalue weighted by Crippen LogP contribution is 2.42. The lowest BCUT2D eigenvalue weighted by molar-refractivity contribution is -0.127. The Morgan fingerprint density at radius 1 is 1.14 bits per heavy atom. The van der Waals surface area contributed by atoms with Gasteiger partial charge in [-0.05, 0) is 58.8 Å². The third-order valence-corrected chi connectivity index (χ3v) is 7.68. The van der Waals surface area contributed by atoms with Crippen LogP contribution in [0, 0.1) is 0 Å². The number of carbonyl (C=O) groups is 1. The zero-order chi connectivity index (χ0) is 19.6. The minimum atomic E-state index is -1.22. The zero-order valence-corrected chi connectivity index (χ0v) is 17.7. The fourth-order valence-electron chi connectivity index (χ4n) is 4.12. The van der Waals surface area contributed by atoms with Gasteiger partial charge in [0.15, 0.2) is 0 Å². The summed E-state index contributed by atoms with van der Waals surface area (Å²) in [5, 5.41) is 21.1. The third-order valence-electron chi connectivity index (χ3n) is 5.72. The topological polar surface area (TPSA) is 49.3 Å². The summed E-state index contributed by atoms with van der Waals surface area (Å²) in [5.74, 6) is -0.0162. The number of carbonyl (C=O) groups excluding carboxylic acids is 1. The summed E-state index contributed by atoms with van der Waals surface area (Å²) in [7, 11) is 0. The van der Waals surface area contributed by atoms with Gasteiger partial charge in [0.1, 0.15) is 5.60 Å². The highest BCUT2D eigenvalue weighted by Gasteiger charge is 2.44. The van der Waals surface area contributed by atoms with Crippen molar-refractivity contribution in [2.45, 2.75) is 36.7 Å². The molecule has 0 bridgehead atoms. The Kier molecular flexibility index (Phi) is 5.61. The first kappa shape index (κ1) is 19.6. The molecule has 0 spiro atoms. The molecule has 2 N–H and O–H groups in total. The van der Waals surface area contributed by atoms with Gasteiger partial charge in [0.2, 0.25) is 5.91 Å². The van der Waals surface area contributed by atoms with Gasteiger partial charge in [-0.2, -0.15) is 11.3 Å². The quantitative estimate of drug-likeness (QED) is 0.554. The number of thiophene rings is 2. The summed E-state index contributed by atoms with van der Waals surface area (Å²) >= 11 is 9.08. The second kappa shape index (κ2) is 7.99. The Balaban J connectivity index is 1.60. The minimum Gasteiger partial charge on any atom is -0.378 e. The predicted octanol–water partition coefficient (Wildman–Crippen LogP) is 5.33. The van der Waals surface area contributed by atoms with Crippen LogP contribution in [0.4, 0.5) is 0 Å². The normalized spacial score (nSPS) is 17.9. The van der Waals surface area contributed by atoms with E-state index in [9.17, 15) is 9.90 Å². The number of aliphatic hydroxyl groups is 1. The van der Waals surface area contributed by atoms with Crippen molar-refractivity contribution in [3.05, 3.63) is 79.6 Å². The summed E-state index contributed by atoms with van der Waals surface area (Å²) < 4.78 is 0. The smallest absolute Gasteiger partial charge is 0.230 e. The molecule has 1 saturated carbocycles. The van der Waals surface area contributed by atoms with E-state index in [4.69, 9.17) is 11.6 Å². The highest BCUT2D eigenvalue weighted by molar-refractivity contribution is 7.10. The first-order valence-corrected chi connectivity index (χ1v) is 11.6. The summed E-state index contributed by atoms with van der Waals surface area (Å²) in [4.78, 5) is 14.2. The van der Waals surface area contributed by atoms with Crippen molar-refractivity contribution in [2.24, 2.45) is 0 Å². The molecule has 1 aliphatic carbocycles. The Labute approximate surface area is 178 Å². The van der Waals surface area contributed by atoms with E-state index in [1.165, 1.54) is 11.3 Å². The Bertz CT molecular complexity index is 880. The van der Waals surface area contributed by atoms with Crippen molar-refractivity contribution in [3.8, 4) is 0 Å². The van der Waals surface area contributed by atoms with Crippen molar-refractivity contribution in [2.75, 3.05) is 6.54 Å². The fraction of sp³-hybridized carbons (Fsp3) is 0.318. The van der Waals surface area contributed by atoms with Gasteiger partial charge in [0.25, 0.3) is 0 Å². The number of benzene rings is 1. The maximum absolute atomic E-state index is 13.4. The average molecular weight is 432 g/mol. The van der Waals surface area contributed by atoms with Crippen LogP contribution < -0.4 is 5.32 Å². The maximum Gasteiger partial charge on any atom is 0.230 e. The largest absolute Gasteiger partial charge is 0.378 e. The first-order chi connectivity index (χ1) is 13.5. The molecular formula is C22H22ClNO2S2. The van der Waals surface area contributed by atoms with Gasteiger partial charge in [0.05, 0.1) is 12.0 Å². The minimum absolute atomic E-state index is 0.0162. The SMILES string of the molecule is O=C(NC[C@](O)(c1ccsc1)c1cccs1)C1(c2ccc(Cl)cc2)CCCC1. The lowest BCUT2D eigenvalue weighted by Crippen LogP contribution is -2.48. The van der Waals surface area contributed by atoms with E-state index in [0.717, 1.165) is 41.7 Å². The molecule has 146 valence electrons. The van der Waals surface area contributed by atoms with E-state index in [-0.39, 0.29) is 12.5 Å². The van der Waals surface area contributed by atoms with Gasteiger partial charge in [-0.15, -0.1) is 11.3 Å². The summed E-state index contributed by atoms with van der Waals surface area (Å²) in [6.07, 6.45) is 3.68. The van der Waals surface area contributed by atoms with Crippen LogP contribution in [0.5, 0.6) is 0 Å². The molecule has 4 rings (SSSR count). The molecule has 6 heteroatoms. The molecule has 0 aliphatic heterocycles. The van der Waals surface area contributed by atoms with Crippen LogP contribution in [0.15, 0.2) is 58.6 Å². The van der Waals surface area contributed by atoms with Crippen molar-refractivity contribution in [3.63, 3.8) is 0 Å². The van der Waals surface area contributed by atoms with Crippen LogP contribution in [0.25, 0.3) is 0 Å². The molecule has 0 radical (unpaired) electrons. The van der Waals surface area contributed by atoms with Gasteiger partial charge >= 0.3 is 0 Å². The third kappa shape index (κ3) is 3.52. The molecule has 0 unspecified atom stereocenters. The number of hydrogen-bond donors (Lipinski definition) is 2. The lowest BCUT2D eigenvalue weighted by Gasteiger charge is -2.32. The van der Waals surface area contributed by atoms with Gasteiger partial charge in [-0.25, -0.2) is 0 Å². The zero-order valence-electron chi connectivity index (χ0n) is 15.4. The number of rotatable bonds is 6. The Hall–Kier alpha value is -1.66. The summed E-state index contributed by atoms with van der Waals surface area (Å²) in [5.41, 5.74) is 0.0495. The monoisotopic (exact) mass is 431 g/mol. The van der Waals surface area contributed by atoms with E-state index in [2.05, 4.69) is 5.32 Å². The van der Waals surface area contributed by atoms with E-state index in [1.807, 2.05) is 58.6 Å². The second-order valence-electron chi connectivity index (χ2n) is 7.33. The summed E-state index contributed by atoms with van der Waals surface area (Å²) in [6.45, 7) is 0.151. The van der Waals surface area contributed by atoms with E-state index >= 15 is 0 Å². The number of halogens is 1. The van der Waals surface area contributed by atoms with Crippen LogP contribution in [0.2, 0.25) is 5.02 Å². The molecule has 2 aromatic heterocycles. The molecule has 1 amide bonds. The van der Waals surface area contributed by atoms with Crippen LogP contribution in [-0.2, 0) is 15.8 Å². The van der Waals surface area contributed by atoms with Crippen LogP contribution >= 0.6 is 34.3 Å². The second-order valence-corrected chi connectivity index (χ2v) is 9.49. The van der Waals surface area contributed by atoms with E-state index in [0.29, 0.717) is 5.02 Å². The molecule has 1 aromatic carbocycles. The van der Waals surface area contributed by atoms with Crippen molar-refractivity contribution < 1.29 is 9.90 Å². The molecule has 1 fully saturated rings. The number of nitrogens with one attached hydrogen (secondary N) is 1. The van der Waals surface area contributed by atoms with Gasteiger partial charge in [-0.3, -0.25) is 4.79 Å². The molecule has 3 aromatic rings. The Morgan fingerprint density at radius 2 is 1.89 bits per heavy atom. The number of amides is 1. The van der Waals surface area contributed by atoms with Crippen LogP contribution in [0.1, 0.15) is 41.7 Å². The maximum atomic E-state index is 13.4. The molecule has 3 nitrogen and oxygen atoms in total. The molecule has 28 heavy (non-hydrogen) atoms. The number of hydrogen-bond acceptors (Lipinski definition) is 4. The van der Waals surface area contributed by atoms with E-state index in [1.54, 1.807) is 11.3 Å². The lowest BCUT2D eigenvalue weighted by atomic mass is 9.77. The van der Waals surface area contributed by atoms with Gasteiger partial charge < -0.3 is 10.4 Å². The van der Waals surface area contributed by atoms with Crippen LogP contribution in [0.3, 0.4) is 0 Å². The highest BCUT2D eigenvalue weighted by atomic mass is 35.5. The predicted molar refractivity (Wildman–Crippen MR) is 116 cm³/mol. The first-order valence-electron chi connectivity index (χ1n) is 9.38. The molecule has 1 atom stereocenters. The Morgan fingerprint density at radius 3 is 2.50 bits per heavy atom. The molecular weight excluding hydrogens is 410 g/mol. The van der Waals surface area contributed by atoms with E-state index < -0.39 is 11.0 Å². The van der Waals surface area contributed by atoms with Crippen molar-refractivity contribution >= 4 is 40.2 Å². The fourth-order valence-corrected chi connectivity index (χ4v) is 5.81. The van der Waals surface area contributed by atoms with Gasteiger partial charge in [-0.1, -0.05) is 42.6 Å². The van der Waals surface area contributed by atoms with Crippen molar-refractivity contribution in [1.29, 1.82) is 0 Å². The molecule has 0 saturated heterocycles.